The molecule has 220 valence electrons. The number of hydrogen-bond donors (Lipinski definition) is 3. The van der Waals surface area contributed by atoms with Crippen LogP contribution in [0.25, 0.3) is 0 Å². The number of amides is 3. The molecule has 2 aliphatic heterocycles. The molecule has 2 fully saturated rings. The molecule has 0 saturated carbocycles. The first-order chi connectivity index (χ1) is 19.5. The first-order valence-electron chi connectivity index (χ1n) is 13.8. The molecule has 0 spiro atoms. The maximum Gasteiger partial charge on any atom is 0.257 e. The molecule has 0 aliphatic carbocycles. The highest BCUT2D eigenvalue weighted by molar-refractivity contribution is 7.88. The fourth-order valence-corrected chi connectivity index (χ4v) is 6.71. The Morgan fingerprint density at radius 2 is 1.61 bits per heavy atom. The minimum Gasteiger partial charge on any atom is -0.368 e. The van der Waals surface area contributed by atoms with Gasteiger partial charge >= 0.3 is 0 Å². The van der Waals surface area contributed by atoms with Crippen molar-refractivity contribution < 1.29 is 22.8 Å². The first kappa shape index (κ1) is 30.2. The van der Waals surface area contributed by atoms with Crippen molar-refractivity contribution in [2.24, 2.45) is 11.7 Å². The predicted octanol–water partition coefficient (Wildman–Crippen LogP) is 1.41. The second-order valence-corrected chi connectivity index (χ2v) is 12.7. The van der Waals surface area contributed by atoms with Gasteiger partial charge in [0.1, 0.15) is 12.1 Å². The molecule has 3 amide bonds. The lowest BCUT2D eigenvalue weighted by Gasteiger charge is -2.38. The van der Waals surface area contributed by atoms with Crippen molar-refractivity contribution >= 4 is 33.7 Å². The molecule has 12 heteroatoms. The van der Waals surface area contributed by atoms with E-state index in [1.807, 2.05) is 36.4 Å². The van der Waals surface area contributed by atoms with Crippen molar-refractivity contribution in [2.45, 2.75) is 44.2 Å². The number of nitrogens with zero attached hydrogens (tertiary/aromatic N) is 3. The Kier molecular flexibility index (Phi) is 9.77. The molecule has 0 radical (unpaired) electrons. The Balaban J connectivity index is 1.47. The zero-order valence-electron chi connectivity index (χ0n) is 23.2. The van der Waals surface area contributed by atoms with Crippen LogP contribution in [0, 0.1) is 11.3 Å². The van der Waals surface area contributed by atoms with Crippen molar-refractivity contribution in [3.63, 3.8) is 0 Å². The number of sulfonamides is 1. The number of guanidine groups is 1. The molecule has 0 aromatic heterocycles. The van der Waals surface area contributed by atoms with Crippen LogP contribution in [-0.2, 0) is 26.0 Å². The zero-order valence-corrected chi connectivity index (χ0v) is 24.1. The van der Waals surface area contributed by atoms with Crippen LogP contribution in [0.4, 0.5) is 0 Å². The van der Waals surface area contributed by atoms with Crippen LogP contribution in [0.15, 0.2) is 60.7 Å². The number of hydrogen-bond acceptors (Lipinski definition) is 6. The molecule has 11 nitrogen and oxygen atoms in total. The molecule has 0 unspecified atom stereocenters. The molecule has 2 heterocycles. The summed E-state index contributed by atoms with van der Waals surface area (Å²) in [4.78, 5) is 41.6. The highest BCUT2D eigenvalue weighted by atomic mass is 32.2. The van der Waals surface area contributed by atoms with E-state index in [4.69, 9.17) is 11.1 Å². The van der Waals surface area contributed by atoms with E-state index in [-0.39, 0.29) is 30.8 Å². The topological polar surface area (TPSA) is 157 Å². The summed E-state index contributed by atoms with van der Waals surface area (Å²) in [6.45, 7) is 1.41. The Hall–Kier alpha value is -3.77. The molecule has 41 heavy (non-hydrogen) atoms. The molecule has 0 bridgehead atoms. The highest BCUT2D eigenvalue weighted by Gasteiger charge is 2.41. The Bertz CT molecular complexity index is 1350. The van der Waals surface area contributed by atoms with E-state index in [1.54, 1.807) is 29.2 Å². The summed E-state index contributed by atoms with van der Waals surface area (Å²) in [7, 11) is -3.82. The molecule has 2 aromatic rings. The van der Waals surface area contributed by atoms with Gasteiger partial charge in [0.25, 0.3) is 5.91 Å². The molecule has 2 saturated heterocycles. The number of benzene rings is 2. The molecular weight excluding hydrogens is 544 g/mol. The standard InChI is InChI=1S/C29H38N6O5S/c1-41(39,40)35(20-22-14-17-33(18-15-22)29(31)32-27(37)23-11-6-3-7-12-23)25(19-21-9-4-2-5-10-21)28(38)34-16-8-13-24(34)26(30)36/h2-7,9-12,22,24-25H,8,13-20H2,1H3,(H2,30,36)(H2,31,32,37)/t24-,25+/m0/s1. The number of carbonyl (C=O) groups is 3. The van der Waals surface area contributed by atoms with Gasteiger partial charge in [-0.2, -0.15) is 4.31 Å². The van der Waals surface area contributed by atoms with Crippen molar-refractivity contribution in [1.29, 1.82) is 5.41 Å². The number of rotatable bonds is 9. The summed E-state index contributed by atoms with van der Waals surface area (Å²) in [6.07, 6.45) is 3.52. The normalized spacial score (nSPS) is 18.7. The van der Waals surface area contributed by atoms with Crippen LogP contribution in [-0.4, -0.2) is 90.7 Å². The number of primary amides is 1. The van der Waals surface area contributed by atoms with Crippen molar-refractivity contribution in [1.82, 2.24) is 19.4 Å². The van der Waals surface area contributed by atoms with Crippen LogP contribution in [0.5, 0.6) is 0 Å². The summed E-state index contributed by atoms with van der Waals surface area (Å²) in [6, 6.07) is 16.1. The summed E-state index contributed by atoms with van der Waals surface area (Å²) in [5.74, 6) is -1.42. The van der Waals surface area contributed by atoms with E-state index in [9.17, 15) is 22.8 Å². The number of carbonyl (C=O) groups excluding carboxylic acids is 3. The van der Waals surface area contributed by atoms with E-state index in [1.165, 1.54) is 9.21 Å². The Morgan fingerprint density at radius 3 is 2.20 bits per heavy atom. The van der Waals surface area contributed by atoms with E-state index in [0.29, 0.717) is 50.9 Å². The zero-order chi connectivity index (χ0) is 29.6. The fourth-order valence-electron chi connectivity index (χ4n) is 5.60. The SMILES string of the molecule is CS(=O)(=O)N(CC1CCN(C(=N)NC(=O)c2ccccc2)CC1)[C@H](Cc1ccccc1)C(=O)N1CCC[C@H]1C(N)=O. The second kappa shape index (κ2) is 13.3. The van der Waals surface area contributed by atoms with Crippen molar-refractivity contribution in [3.8, 4) is 0 Å². The molecule has 2 aliphatic rings. The maximum atomic E-state index is 13.9. The van der Waals surface area contributed by atoms with Crippen LogP contribution in [0.3, 0.4) is 0 Å². The fraction of sp³-hybridized carbons (Fsp3) is 0.448. The summed E-state index contributed by atoms with van der Waals surface area (Å²) in [5, 5.41) is 11.0. The van der Waals surface area contributed by atoms with E-state index < -0.39 is 33.9 Å². The first-order valence-corrected chi connectivity index (χ1v) is 15.7. The third-order valence-corrected chi connectivity index (χ3v) is 9.09. The lowest BCUT2D eigenvalue weighted by molar-refractivity contribution is -0.140. The third-order valence-electron chi connectivity index (χ3n) is 7.83. The van der Waals surface area contributed by atoms with Gasteiger partial charge < -0.3 is 15.5 Å². The van der Waals surface area contributed by atoms with Gasteiger partial charge in [-0.3, -0.25) is 25.1 Å². The molecule has 2 atom stereocenters. The van der Waals surface area contributed by atoms with Gasteiger partial charge in [-0.1, -0.05) is 48.5 Å². The largest absolute Gasteiger partial charge is 0.368 e. The van der Waals surface area contributed by atoms with Gasteiger partial charge in [0.05, 0.1) is 6.26 Å². The summed E-state index contributed by atoms with van der Waals surface area (Å²) < 4.78 is 27.6. The molecular formula is C29H38N6O5S. The number of likely N-dealkylation sites (tertiary alicyclic amines) is 2. The van der Waals surface area contributed by atoms with E-state index in [0.717, 1.165) is 11.8 Å². The lowest BCUT2D eigenvalue weighted by Crippen LogP contribution is -2.56. The Morgan fingerprint density at radius 1 is 1.00 bits per heavy atom. The Labute approximate surface area is 241 Å². The van der Waals surface area contributed by atoms with Crippen molar-refractivity contribution in [2.75, 3.05) is 32.4 Å². The minimum atomic E-state index is -3.82. The quantitative estimate of drug-likeness (QED) is 0.300. The lowest BCUT2D eigenvalue weighted by atomic mass is 9.95. The number of nitrogens with one attached hydrogen (secondary N) is 2. The van der Waals surface area contributed by atoms with Gasteiger partial charge in [0.2, 0.25) is 21.8 Å². The van der Waals surface area contributed by atoms with Gasteiger partial charge in [-0.25, -0.2) is 8.42 Å². The van der Waals surface area contributed by atoms with Crippen LogP contribution in [0.1, 0.15) is 41.6 Å². The third kappa shape index (κ3) is 7.70. The summed E-state index contributed by atoms with van der Waals surface area (Å²) >= 11 is 0. The average molecular weight is 583 g/mol. The predicted molar refractivity (Wildman–Crippen MR) is 155 cm³/mol. The highest BCUT2D eigenvalue weighted by Crippen LogP contribution is 2.26. The van der Waals surface area contributed by atoms with E-state index in [2.05, 4.69) is 5.32 Å². The van der Waals surface area contributed by atoms with Gasteiger partial charge in [-0.15, -0.1) is 0 Å². The molecule has 2 aromatic carbocycles. The minimum absolute atomic E-state index is 0.000862. The smallest absolute Gasteiger partial charge is 0.257 e. The number of piperidine rings is 1. The van der Waals surface area contributed by atoms with Gasteiger partial charge in [0, 0.05) is 31.7 Å². The monoisotopic (exact) mass is 582 g/mol. The average Bonchev–Trinajstić information content (AvgIpc) is 3.46. The van der Waals surface area contributed by atoms with Crippen molar-refractivity contribution in [3.05, 3.63) is 71.8 Å². The van der Waals surface area contributed by atoms with Crippen LogP contribution >= 0.6 is 0 Å². The molecule has 4 N–H and O–H groups in total. The second-order valence-electron chi connectivity index (χ2n) is 10.7. The van der Waals surface area contributed by atoms with E-state index >= 15 is 0 Å². The van der Waals surface area contributed by atoms with Crippen LogP contribution < -0.4 is 11.1 Å². The van der Waals surface area contributed by atoms with Gasteiger partial charge in [-0.05, 0) is 55.7 Å². The number of nitrogens with two attached hydrogens (primary N) is 1. The summed E-state index contributed by atoms with van der Waals surface area (Å²) in [5.41, 5.74) is 6.85. The van der Waals surface area contributed by atoms with Gasteiger partial charge in [0.15, 0.2) is 5.96 Å². The molecule has 4 rings (SSSR count). The van der Waals surface area contributed by atoms with Crippen LogP contribution in [0.2, 0.25) is 0 Å². The maximum absolute atomic E-state index is 13.9.